The number of hydrogen-bond acceptors (Lipinski definition) is 5. The molecule has 0 radical (unpaired) electrons. The number of ether oxygens (including phenoxy) is 2. The number of aromatic nitrogens is 2. The fourth-order valence-corrected chi connectivity index (χ4v) is 2.78. The molecule has 0 spiro atoms. The van der Waals surface area contributed by atoms with E-state index >= 15 is 0 Å². The first-order valence-electron chi connectivity index (χ1n) is 8.71. The number of esters is 1. The van der Waals surface area contributed by atoms with Gasteiger partial charge in [0.05, 0.1) is 12.7 Å². The summed E-state index contributed by atoms with van der Waals surface area (Å²) in [5.41, 5.74) is 2.42. The molecule has 1 aromatic heterocycles. The molecule has 0 N–H and O–H groups in total. The van der Waals surface area contributed by atoms with E-state index < -0.39 is 12.6 Å². The Balaban J connectivity index is 1.49. The zero-order valence-corrected chi connectivity index (χ0v) is 15.0. The first kappa shape index (κ1) is 18.5. The highest BCUT2D eigenvalue weighted by atomic mass is 19.3. The van der Waals surface area contributed by atoms with Gasteiger partial charge in [0, 0.05) is 17.3 Å². The van der Waals surface area contributed by atoms with E-state index in [4.69, 9.17) is 4.74 Å². The fraction of sp³-hybridized carbons (Fsp3) is 0.0952. The second-order valence-corrected chi connectivity index (χ2v) is 6.20. The zero-order valence-electron chi connectivity index (χ0n) is 15.0. The quantitative estimate of drug-likeness (QED) is 0.469. The van der Waals surface area contributed by atoms with Crippen LogP contribution in [0.2, 0.25) is 0 Å². The average molecular weight is 395 g/mol. The van der Waals surface area contributed by atoms with Crippen molar-refractivity contribution < 1.29 is 23.0 Å². The summed E-state index contributed by atoms with van der Waals surface area (Å²) >= 11 is 0. The maximum absolute atomic E-state index is 12.2. The number of aliphatic imine (C=N–C) groups is 1. The molecule has 0 unspecified atom stereocenters. The predicted octanol–water partition coefficient (Wildman–Crippen LogP) is 3.88. The fourth-order valence-electron chi connectivity index (χ4n) is 2.78. The number of carbonyl (C=O) groups is 1. The molecule has 29 heavy (non-hydrogen) atoms. The highest BCUT2D eigenvalue weighted by molar-refractivity contribution is 6.12. The lowest BCUT2D eigenvalue weighted by atomic mass is 10.2. The maximum Gasteiger partial charge on any atom is 0.387 e. The number of rotatable bonds is 6. The largest absolute Gasteiger partial charge is 0.435 e. The molecular weight excluding hydrogens is 380 g/mol. The van der Waals surface area contributed by atoms with Gasteiger partial charge < -0.3 is 9.47 Å². The third kappa shape index (κ3) is 4.55. The maximum atomic E-state index is 12.2. The minimum atomic E-state index is -2.90. The minimum absolute atomic E-state index is 0.00951. The predicted molar refractivity (Wildman–Crippen MR) is 101 cm³/mol. The van der Waals surface area contributed by atoms with Crippen LogP contribution < -0.4 is 4.74 Å². The Morgan fingerprint density at radius 1 is 1.10 bits per heavy atom. The molecule has 3 aromatic rings. The summed E-state index contributed by atoms with van der Waals surface area (Å²) in [6.07, 6.45) is 5.02. The van der Waals surface area contributed by atoms with Gasteiger partial charge in [-0.15, -0.1) is 0 Å². The zero-order chi connectivity index (χ0) is 20.2. The van der Waals surface area contributed by atoms with Gasteiger partial charge in [0.2, 0.25) is 5.90 Å². The number of carbonyl (C=O) groups excluding carboxylic acids is 1. The van der Waals surface area contributed by atoms with Crippen molar-refractivity contribution in [2.45, 2.75) is 13.2 Å². The number of nitrogens with zero attached hydrogens (tertiary/aromatic N) is 3. The molecule has 0 saturated heterocycles. The van der Waals surface area contributed by atoms with Crippen LogP contribution in [0.3, 0.4) is 0 Å². The first-order valence-corrected chi connectivity index (χ1v) is 8.71. The Bertz CT molecular complexity index is 1070. The van der Waals surface area contributed by atoms with E-state index in [1.54, 1.807) is 23.2 Å². The molecular formula is C21H15F2N3O3. The van der Waals surface area contributed by atoms with E-state index in [2.05, 4.69) is 14.8 Å². The van der Waals surface area contributed by atoms with Gasteiger partial charge in [0.1, 0.15) is 5.75 Å². The molecule has 0 saturated carbocycles. The number of alkyl halides is 2. The van der Waals surface area contributed by atoms with Gasteiger partial charge >= 0.3 is 12.6 Å². The number of hydrogen-bond donors (Lipinski definition) is 0. The molecule has 0 aliphatic carbocycles. The lowest BCUT2D eigenvalue weighted by Crippen LogP contribution is -2.06. The molecule has 146 valence electrons. The standard InChI is InChI=1S/C21H15F2N3O3/c22-21(23)28-17-8-6-16(7-9-17)19-25-18(20(27)29-19)10-15-11-24-26(13-15)12-14-4-2-1-3-5-14/h1-11,13,21H,12H2. The van der Waals surface area contributed by atoms with Crippen molar-refractivity contribution in [2.24, 2.45) is 4.99 Å². The van der Waals surface area contributed by atoms with Crippen LogP contribution in [0, 0.1) is 0 Å². The molecule has 0 amide bonds. The lowest BCUT2D eigenvalue weighted by molar-refractivity contribution is -0.129. The van der Waals surface area contributed by atoms with Crippen molar-refractivity contribution >= 4 is 17.9 Å². The van der Waals surface area contributed by atoms with Crippen molar-refractivity contribution in [3.63, 3.8) is 0 Å². The molecule has 0 bridgehead atoms. The normalized spacial score (nSPS) is 14.9. The van der Waals surface area contributed by atoms with E-state index in [1.165, 1.54) is 24.3 Å². The molecule has 0 fully saturated rings. The summed E-state index contributed by atoms with van der Waals surface area (Å²) in [6, 6.07) is 15.6. The number of benzene rings is 2. The van der Waals surface area contributed by atoms with Gasteiger partial charge in [-0.05, 0) is 35.9 Å². The number of halogens is 2. The van der Waals surface area contributed by atoms with Crippen molar-refractivity contribution in [3.05, 3.63) is 89.4 Å². The lowest BCUT2D eigenvalue weighted by Gasteiger charge is -2.04. The molecule has 6 nitrogen and oxygen atoms in total. The van der Waals surface area contributed by atoms with Crippen LogP contribution in [0.15, 0.2) is 77.7 Å². The van der Waals surface area contributed by atoms with Gasteiger partial charge in [0.15, 0.2) is 5.70 Å². The van der Waals surface area contributed by atoms with Crippen molar-refractivity contribution in [1.29, 1.82) is 0 Å². The van der Waals surface area contributed by atoms with E-state index in [0.717, 1.165) is 5.56 Å². The summed E-state index contributed by atoms with van der Waals surface area (Å²) in [7, 11) is 0. The Morgan fingerprint density at radius 3 is 2.59 bits per heavy atom. The second kappa shape index (κ2) is 8.05. The van der Waals surface area contributed by atoms with Crippen LogP contribution in [-0.4, -0.2) is 28.3 Å². The van der Waals surface area contributed by atoms with Gasteiger partial charge in [-0.25, -0.2) is 9.79 Å². The van der Waals surface area contributed by atoms with Crippen LogP contribution in [0.4, 0.5) is 8.78 Å². The molecule has 0 atom stereocenters. The molecule has 2 aromatic carbocycles. The summed E-state index contributed by atoms with van der Waals surface area (Å²) in [5, 5.41) is 4.29. The Morgan fingerprint density at radius 2 is 1.86 bits per heavy atom. The van der Waals surface area contributed by atoms with Crippen LogP contribution in [-0.2, 0) is 16.1 Å². The molecule has 1 aliphatic rings. The third-order valence-electron chi connectivity index (χ3n) is 4.09. The summed E-state index contributed by atoms with van der Waals surface area (Å²) in [6.45, 7) is -2.30. The van der Waals surface area contributed by atoms with Gasteiger partial charge in [0.25, 0.3) is 0 Å². The van der Waals surface area contributed by atoms with Crippen molar-refractivity contribution in [2.75, 3.05) is 0 Å². The van der Waals surface area contributed by atoms with E-state index in [-0.39, 0.29) is 17.3 Å². The smallest absolute Gasteiger partial charge is 0.387 e. The summed E-state index contributed by atoms with van der Waals surface area (Å²) < 4.78 is 35.7. The summed E-state index contributed by atoms with van der Waals surface area (Å²) in [5.74, 6) is -0.486. The topological polar surface area (TPSA) is 65.7 Å². The average Bonchev–Trinajstić information content (AvgIpc) is 3.29. The van der Waals surface area contributed by atoms with Crippen LogP contribution >= 0.6 is 0 Å². The summed E-state index contributed by atoms with van der Waals surface area (Å²) in [4.78, 5) is 16.3. The van der Waals surface area contributed by atoms with Gasteiger partial charge in [-0.2, -0.15) is 13.9 Å². The molecule has 1 aliphatic heterocycles. The number of cyclic esters (lactones) is 1. The van der Waals surface area contributed by atoms with Crippen LogP contribution in [0.5, 0.6) is 5.75 Å². The van der Waals surface area contributed by atoms with Gasteiger partial charge in [-0.3, -0.25) is 4.68 Å². The molecule has 2 heterocycles. The second-order valence-electron chi connectivity index (χ2n) is 6.20. The van der Waals surface area contributed by atoms with E-state index in [1.807, 2.05) is 30.3 Å². The highest BCUT2D eigenvalue weighted by Crippen LogP contribution is 2.21. The van der Waals surface area contributed by atoms with E-state index in [0.29, 0.717) is 17.7 Å². The Labute approximate surface area is 164 Å². The van der Waals surface area contributed by atoms with Crippen molar-refractivity contribution in [3.8, 4) is 5.75 Å². The van der Waals surface area contributed by atoms with Crippen molar-refractivity contribution in [1.82, 2.24) is 9.78 Å². The van der Waals surface area contributed by atoms with E-state index in [9.17, 15) is 13.6 Å². The minimum Gasteiger partial charge on any atom is -0.435 e. The molecule has 4 rings (SSSR count). The SMILES string of the molecule is O=C1OC(c2ccc(OC(F)F)cc2)=NC1=Cc1cnn(Cc2ccccc2)c1. The molecule has 8 heteroatoms. The Hall–Kier alpha value is -3.81. The highest BCUT2D eigenvalue weighted by Gasteiger charge is 2.24. The third-order valence-corrected chi connectivity index (χ3v) is 4.09. The van der Waals surface area contributed by atoms with Crippen LogP contribution in [0.25, 0.3) is 6.08 Å². The monoisotopic (exact) mass is 395 g/mol. The van der Waals surface area contributed by atoms with Crippen LogP contribution in [0.1, 0.15) is 16.7 Å². The first-order chi connectivity index (χ1) is 14.1. The van der Waals surface area contributed by atoms with Gasteiger partial charge in [-0.1, -0.05) is 30.3 Å². The Kier molecular flexibility index (Phi) is 5.15.